The van der Waals surface area contributed by atoms with Gasteiger partial charge in [-0.3, -0.25) is 4.79 Å². The fourth-order valence-electron chi connectivity index (χ4n) is 3.12. The lowest BCUT2D eigenvalue weighted by molar-refractivity contribution is 0.0996. The Balaban J connectivity index is 1.77. The van der Waals surface area contributed by atoms with Gasteiger partial charge in [-0.1, -0.05) is 41.7 Å². The van der Waals surface area contributed by atoms with E-state index in [1.807, 2.05) is 47.9 Å². The third-order valence-corrected chi connectivity index (χ3v) is 5.54. The van der Waals surface area contributed by atoms with Gasteiger partial charge < -0.3 is 9.30 Å². The third-order valence-electron chi connectivity index (χ3n) is 4.50. The van der Waals surface area contributed by atoms with E-state index in [2.05, 4.69) is 4.99 Å². The predicted octanol–water partition coefficient (Wildman–Crippen LogP) is 4.77. The van der Waals surface area contributed by atoms with E-state index in [-0.39, 0.29) is 11.7 Å². The first-order valence-electron chi connectivity index (χ1n) is 9.10. The minimum absolute atomic E-state index is 0.307. The molecule has 0 radical (unpaired) electrons. The molecule has 142 valence electrons. The van der Waals surface area contributed by atoms with E-state index in [9.17, 15) is 9.18 Å². The van der Waals surface area contributed by atoms with Crippen molar-refractivity contribution < 1.29 is 13.9 Å². The average molecular weight is 394 g/mol. The molecule has 0 saturated carbocycles. The van der Waals surface area contributed by atoms with Crippen LogP contribution >= 0.6 is 11.3 Å². The molecule has 0 spiro atoms. The second-order valence-corrected chi connectivity index (χ2v) is 7.33. The van der Waals surface area contributed by atoms with E-state index >= 15 is 0 Å². The van der Waals surface area contributed by atoms with Crippen molar-refractivity contribution in [2.24, 2.45) is 4.99 Å². The SMILES string of the molecule is CCOCCn1c(=NC(=O)c2ccc3ccccc3c2)sc2cc(F)ccc21. The van der Waals surface area contributed by atoms with Crippen molar-refractivity contribution in [2.75, 3.05) is 13.2 Å². The van der Waals surface area contributed by atoms with Crippen molar-refractivity contribution in [1.82, 2.24) is 4.57 Å². The zero-order valence-corrected chi connectivity index (χ0v) is 16.2. The highest BCUT2D eigenvalue weighted by Crippen LogP contribution is 2.20. The van der Waals surface area contributed by atoms with Gasteiger partial charge in [-0.2, -0.15) is 4.99 Å². The lowest BCUT2D eigenvalue weighted by Crippen LogP contribution is -2.19. The van der Waals surface area contributed by atoms with Gasteiger partial charge in [-0.05, 0) is 48.0 Å². The summed E-state index contributed by atoms with van der Waals surface area (Å²) in [6, 6.07) is 18.0. The molecule has 0 atom stereocenters. The summed E-state index contributed by atoms with van der Waals surface area (Å²) in [6.07, 6.45) is 0. The molecule has 0 aliphatic heterocycles. The second-order valence-electron chi connectivity index (χ2n) is 6.32. The highest BCUT2D eigenvalue weighted by Gasteiger charge is 2.10. The molecule has 0 saturated heterocycles. The summed E-state index contributed by atoms with van der Waals surface area (Å²) in [5.74, 6) is -0.624. The Labute approximate surface area is 165 Å². The quantitative estimate of drug-likeness (QED) is 0.458. The summed E-state index contributed by atoms with van der Waals surface area (Å²) in [6.45, 7) is 3.58. The van der Waals surface area contributed by atoms with Crippen LogP contribution in [-0.2, 0) is 11.3 Å². The summed E-state index contributed by atoms with van der Waals surface area (Å²) in [5, 5.41) is 2.06. The molecule has 0 fully saturated rings. The smallest absolute Gasteiger partial charge is 0.279 e. The molecule has 6 heteroatoms. The predicted molar refractivity (Wildman–Crippen MR) is 110 cm³/mol. The maximum Gasteiger partial charge on any atom is 0.279 e. The highest BCUT2D eigenvalue weighted by molar-refractivity contribution is 7.16. The molecule has 28 heavy (non-hydrogen) atoms. The van der Waals surface area contributed by atoms with Crippen LogP contribution in [0.4, 0.5) is 4.39 Å². The molecule has 1 amide bonds. The van der Waals surface area contributed by atoms with E-state index in [0.29, 0.717) is 30.1 Å². The molecular weight excluding hydrogens is 375 g/mol. The van der Waals surface area contributed by atoms with Crippen LogP contribution in [0, 0.1) is 5.82 Å². The Bertz CT molecular complexity index is 1230. The van der Waals surface area contributed by atoms with Gasteiger partial charge in [0.15, 0.2) is 4.80 Å². The summed E-state index contributed by atoms with van der Waals surface area (Å²) >= 11 is 1.30. The Morgan fingerprint density at radius 2 is 1.93 bits per heavy atom. The standard InChI is InChI=1S/C22H19FN2O2S/c1-2-27-12-11-25-19-10-9-18(23)14-20(19)28-22(25)24-21(26)17-8-7-15-5-3-4-6-16(15)13-17/h3-10,13-14H,2,11-12H2,1H3. The molecule has 1 aromatic heterocycles. The number of nitrogens with zero attached hydrogens (tertiary/aromatic N) is 2. The summed E-state index contributed by atoms with van der Waals surface area (Å²) in [5.41, 5.74) is 1.37. The monoisotopic (exact) mass is 394 g/mol. The minimum Gasteiger partial charge on any atom is -0.380 e. The first-order valence-corrected chi connectivity index (χ1v) is 9.92. The Kier molecular flexibility index (Phi) is 5.32. The number of aromatic nitrogens is 1. The number of fused-ring (bicyclic) bond motifs is 2. The topological polar surface area (TPSA) is 43.6 Å². The van der Waals surface area contributed by atoms with E-state index in [1.165, 1.54) is 23.5 Å². The van der Waals surface area contributed by atoms with Gasteiger partial charge in [0.2, 0.25) is 0 Å². The zero-order chi connectivity index (χ0) is 19.5. The third kappa shape index (κ3) is 3.74. The van der Waals surface area contributed by atoms with Crippen molar-refractivity contribution in [2.45, 2.75) is 13.5 Å². The number of carbonyl (C=O) groups excluding carboxylic acids is 1. The maximum atomic E-state index is 13.6. The van der Waals surface area contributed by atoms with E-state index in [0.717, 1.165) is 21.0 Å². The van der Waals surface area contributed by atoms with E-state index < -0.39 is 0 Å². The molecule has 0 aliphatic carbocycles. The van der Waals surface area contributed by atoms with Crippen molar-refractivity contribution in [3.05, 3.63) is 76.8 Å². The van der Waals surface area contributed by atoms with Crippen LogP contribution in [0.2, 0.25) is 0 Å². The molecule has 0 unspecified atom stereocenters. The van der Waals surface area contributed by atoms with Gasteiger partial charge in [0, 0.05) is 18.7 Å². The van der Waals surface area contributed by atoms with Crippen LogP contribution in [0.25, 0.3) is 21.0 Å². The molecule has 0 N–H and O–H groups in total. The number of carbonyl (C=O) groups is 1. The maximum absolute atomic E-state index is 13.6. The second kappa shape index (κ2) is 8.04. The normalized spacial score (nSPS) is 12.1. The van der Waals surface area contributed by atoms with Crippen molar-refractivity contribution in [1.29, 1.82) is 0 Å². The Morgan fingerprint density at radius 1 is 1.11 bits per heavy atom. The fraction of sp³-hybridized carbons (Fsp3) is 0.182. The number of rotatable bonds is 5. The lowest BCUT2D eigenvalue weighted by atomic mass is 10.1. The fourth-order valence-corrected chi connectivity index (χ4v) is 4.20. The van der Waals surface area contributed by atoms with Crippen LogP contribution in [0.1, 0.15) is 17.3 Å². The van der Waals surface area contributed by atoms with Crippen molar-refractivity contribution in [3.8, 4) is 0 Å². The van der Waals surface area contributed by atoms with Gasteiger partial charge in [0.05, 0.1) is 16.8 Å². The van der Waals surface area contributed by atoms with Gasteiger partial charge in [0.1, 0.15) is 5.82 Å². The van der Waals surface area contributed by atoms with E-state index in [4.69, 9.17) is 4.74 Å². The molecule has 0 bridgehead atoms. The molecule has 4 aromatic rings. The van der Waals surface area contributed by atoms with Crippen LogP contribution in [-0.4, -0.2) is 23.7 Å². The number of ether oxygens (including phenoxy) is 1. The minimum atomic E-state index is -0.317. The molecule has 4 rings (SSSR count). The Morgan fingerprint density at radius 3 is 2.75 bits per heavy atom. The zero-order valence-electron chi connectivity index (χ0n) is 15.4. The van der Waals surface area contributed by atoms with Crippen LogP contribution in [0.5, 0.6) is 0 Å². The summed E-state index contributed by atoms with van der Waals surface area (Å²) in [7, 11) is 0. The summed E-state index contributed by atoms with van der Waals surface area (Å²) < 4.78 is 21.8. The number of thiazole rings is 1. The van der Waals surface area contributed by atoms with Crippen molar-refractivity contribution in [3.63, 3.8) is 0 Å². The number of halogens is 1. The first-order chi connectivity index (χ1) is 13.7. The highest BCUT2D eigenvalue weighted by atomic mass is 32.1. The lowest BCUT2D eigenvalue weighted by Gasteiger charge is -2.05. The van der Waals surface area contributed by atoms with Crippen LogP contribution in [0.15, 0.2) is 65.7 Å². The summed E-state index contributed by atoms with van der Waals surface area (Å²) in [4.78, 5) is 17.7. The molecule has 3 aromatic carbocycles. The molecule has 1 heterocycles. The Hall–Kier alpha value is -2.83. The largest absolute Gasteiger partial charge is 0.380 e. The van der Waals surface area contributed by atoms with Crippen molar-refractivity contribution >= 4 is 38.2 Å². The average Bonchev–Trinajstić information content (AvgIpc) is 3.04. The number of amides is 1. The number of hydrogen-bond acceptors (Lipinski definition) is 3. The van der Waals surface area contributed by atoms with Gasteiger partial charge in [0.25, 0.3) is 5.91 Å². The van der Waals surface area contributed by atoms with Gasteiger partial charge >= 0.3 is 0 Å². The first kappa shape index (κ1) is 18.5. The molecular formula is C22H19FN2O2S. The van der Waals surface area contributed by atoms with E-state index in [1.54, 1.807) is 12.1 Å². The van der Waals surface area contributed by atoms with Crippen LogP contribution in [0.3, 0.4) is 0 Å². The van der Waals surface area contributed by atoms with Crippen LogP contribution < -0.4 is 4.80 Å². The molecule has 0 aliphatic rings. The van der Waals surface area contributed by atoms with Gasteiger partial charge in [-0.15, -0.1) is 0 Å². The van der Waals surface area contributed by atoms with Gasteiger partial charge in [-0.25, -0.2) is 4.39 Å². The number of hydrogen-bond donors (Lipinski definition) is 0. The number of benzene rings is 3. The molecule has 4 nitrogen and oxygen atoms in total.